The van der Waals surface area contributed by atoms with E-state index in [1.54, 1.807) is 6.92 Å². The monoisotopic (exact) mass is 303 g/mol. The largest absolute Gasteiger partial charge is 0.479 e. The molecule has 1 aromatic rings. The first-order valence-electron chi connectivity index (χ1n) is 5.88. The third kappa shape index (κ3) is 4.40. The topological polar surface area (TPSA) is 55.4 Å². The number of nitrogens with one attached hydrogen (secondary N) is 1. The minimum atomic E-state index is -0.746. The molecule has 1 rings (SSSR count). The van der Waals surface area contributed by atoms with E-state index in [4.69, 9.17) is 27.9 Å². The molecule has 0 saturated heterocycles. The Morgan fingerprint density at radius 1 is 1.47 bits per heavy atom. The number of benzene rings is 1. The van der Waals surface area contributed by atoms with Gasteiger partial charge in [-0.05, 0) is 25.5 Å². The average Bonchev–Trinajstić information content (AvgIpc) is 2.38. The molecule has 0 aliphatic carbocycles. The highest BCUT2D eigenvalue weighted by Crippen LogP contribution is 2.32. The summed E-state index contributed by atoms with van der Waals surface area (Å²) in [5.41, 5.74) is 0.215. The third-order valence-corrected chi connectivity index (χ3v) is 2.88. The van der Waals surface area contributed by atoms with E-state index >= 15 is 0 Å². The molecule has 1 N–H and O–H groups in total. The lowest BCUT2D eigenvalue weighted by atomic mass is 10.2. The van der Waals surface area contributed by atoms with Gasteiger partial charge in [-0.3, -0.25) is 9.59 Å². The van der Waals surface area contributed by atoms with Gasteiger partial charge in [-0.2, -0.15) is 0 Å². The van der Waals surface area contributed by atoms with Crippen LogP contribution in [-0.4, -0.2) is 24.8 Å². The average molecular weight is 304 g/mol. The highest BCUT2D eigenvalue weighted by molar-refractivity contribution is 6.36. The Kier molecular flexibility index (Phi) is 6.12. The van der Waals surface area contributed by atoms with E-state index in [-0.39, 0.29) is 22.2 Å². The molecule has 0 aliphatic rings. The van der Waals surface area contributed by atoms with Crippen LogP contribution in [0.15, 0.2) is 12.1 Å². The lowest BCUT2D eigenvalue weighted by Gasteiger charge is -2.17. The second kappa shape index (κ2) is 7.36. The van der Waals surface area contributed by atoms with Gasteiger partial charge in [0.2, 0.25) is 0 Å². The summed E-state index contributed by atoms with van der Waals surface area (Å²) in [6, 6.07) is 2.90. The normalized spacial score (nSPS) is 11.8. The summed E-state index contributed by atoms with van der Waals surface area (Å²) in [5.74, 6) is -0.0927. The maximum atomic E-state index is 11.7. The zero-order valence-corrected chi connectivity index (χ0v) is 12.2. The number of hydrogen-bond acceptors (Lipinski definition) is 3. The third-order valence-electron chi connectivity index (χ3n) is 2.38. The Hall–Kier alpha value is -1.26. The number of halogens is 2. The fraction of sp³-hybridized carbons (Fsp3) is 0.385. The van der Waals surface area contributed by atoms with E-state index < -0.39 is 6.10 Å². The van der Waals surface area contributed by atoms with Gasteiger partial charge in [0, 0.05) is 11.6 Å². The van der Waals surface area contributed by atoms with E-state index in [9.17, 15) is 9.59 Å². The molecule has 1 aromatic carbocycles. The predicted octanol–water partition coefficient (Wildman–Crippen LogP) is 3.10. The summed E-state index contributed by atoms with van der Waals surface area (Å²) in [6.45, 7) is 4.11. The number of amides is 1. The van der Waals surface area contributed by atoms with Crippen molar-refractivity contribution in [2.45, 2.75) is 26.4 Å². The first-order valence-corrected chi connectivity index (χ1v) is 6.63. The highest BCUT2D eigenvalue weighted by Gasteiger charge is 2.18. The van der Waals surface area contributed by atoms with Crippen molar-refractivity contribution in [1.82, 2.24) is 5.32 Å². The van der Waals surface area contributed by atoms with Crippen LogP contribution in [-0.2, 0) is 4.79 Å². The highest BCUT2D eigenvalue weighted by atomic mass is 35.5. The first-order chi connectivity index (χ1) is 8.99. The van der Waals surface area contributed by atoms with E-state index in [1.807, 2.05) is 6.92 Å². The summed E-state index contributed by atoms with van der Waals surface area (Å²) >= 11 is 11.8. The number of carbonyl (C=O) groups excluding carboxylic acids is 2. The molecule has 19 heavy (non-hydrogen) atoms. The zero-order valence-electron chi connectivity index (χ0n) is 10.7. The maximum absolute atomic E-state index is 11.7. The fourth-order valence-corrected chi connectivity index (χ4v) is 1.97. The molecule has 1 atom stereocenters. The van der Waals surface area contributed by atoms with Gasteiger partial charge in [-0.25, -0.2) is 0 Å². The van der Waals surface area contributed by atoms with Crippen molar-refractivity contribution in [2.24, 2.45) is 0 Å². The van der Waals surface area contributed by atoms with Crippen LogP contribution in [0.5, 0.6) is 5.75 Å². The molecule has 0 fully saturated rings. The number of carbonyl (C=O) groups is 2. The molecule has 0 saturated carbocycles. The van der Waals surface area contributed by atoms with Crippen molar-refractivity contribution in [3.8, 4) is 5.75 Å². The summed E-state index contributed by atoms with van der Waals surface area (Å²) in [4.78, 5) is 22.6. The molecule has 0 radical (unpaired) electrons. The second-order valence-electron chi connectivity index (χ2n) is 3.97. The van der Waals surface area contributed by atoms with Crippen molar-refractivity contribution < 1.29 is 14.3 Å². The molecular formula is C13H15Cl2NO3. The second-order valence-corrected chi connectivity index (χ2v) is 4.82. The van der Waals surface area contributed by atoms with Gasteiger partial charge in [0.1, 0.15) is 5.75 Å². The van der Waals surface area contributed by atoms with Crippen LogP contribution >= 0.6 is 23.2 Å². The minimum absolute atomic E-state index is 0.167. The van der Waals surface area contributed by atoms with Crippen molar-refractivity contribution in [3.63, 3.8) is 0 Å². The van der Waals surface area contributed by atoms with Gasteiger partial charge in [-0.15, -0.1) is 0 Å². The van der Waals surface area contributed by atoms with Gasteiger partial charge in [0.05, 0.1) is 10.6 Å². The standard InChI is InChI=1S/C13H15Cl2NO3/c1-3-4-16-13(18)8(2)19-12-9(7-17)5-10(14)6-11(12)15/h5-8H,3-4H2,1-2H3,(H,16,18). The smallest absolute Gasteiger partial charge is 0.260 e. The van der Waals surface area contributed by atoms with E-state index in [0.29, 0.717) is 17.9 Å². The summed E-state index contributed by atoms with van der Waals surface area (Å²) in [6.07, 6.45) is 0.674. The number of ether oxygens (including phenoxy) is 1. The van der Waals surface area contributed by atoms with E-state index in [1.165, 1.54) is 12.1 Å². The van der Waals surface area contributed by atoms with Crippen LogP contribution < -0.4 is 10.1 Å². The minimum Gasteiger partial charge on any atom is -0.479 e. The van der Waals surface area contributed by atoms with Gasteiger partial charge in [0.15, 0.2) is 12.4 Å². The lowest BCUT2D eigenvalue weighted by Crippen LogP contribution is -2.36. The molecule has 4 nitrogen and oxygen atoms in total. The molecule has 0 aliphatic heterocycles. The Bertz CT molecular complexity index is 477. The van der Waals surface area contributed by atoms with Gasteiger partial charge >= 0.3 is 0 Å². The quantitative estimate of drug-likeness (QED) is 0.822. The van der Waals surface area contributed by atoms with Gasteiger partial charge in [0.25, 0.3) is 5.91 Å². The number of hydrogen-bond donors (Lipinski definition) is 1. The molecular weight excluding hydrogens is 289 g/mol. The molecule has 0 aromatic heterocycles. The fourth-order valence-electron chi connectivity index (χ4n) is 1.41. The SMILES string of the molecule is CCCNC(=O)C(C)Oc1c(Cl)cc(Cl)cc1C=O. The Labute approximate surface area is 122 Å². The Morgan fingerprint density at radius 2 is 2.16 bits per heavy atom. The molecule has 104 valence electrons. The molecule has 1 amide bonds. The van der Waals surface area contributed by atoms with Crippen molar-refractivity contribution in [2.75, 3.05) is 6.54 Å². The first kappa shape index (κ1) is 15.8. The van der Waals surface area contributed by atoms with Crippen molar-refractivity contribution in [1.29, 1.82) is 0 Å². The van der Waals surface area contributed by atoms with Gasteiger partial charge < -0.3 is 10.1 Å². The lowest BCUT2D eigenvalue weighted by molar-refractivity contribution is -0.127. The van der Waals surface area contributed by atoms with E-state index in [2.05, 4.69) is 5.32 Å². The number of aldehydes is 1. The summed E-state index contributed by atoms with van der Waals surface area (Å²) in [5, 5.41) is 3.23. The zero-order chi connectivity index (χ0) is 14.4. The van der Waals surface area contributed by atoms with Crippen LogP contribution in [0.1, 0.15) is 30.6 Å². The molecule has 0 bridgehead atoms. The van der Waals surface area contributed by atoms with Crippen LogP contribution in [0.3, 0.4) is 0 Å². The Morgan fingerprint density at radius 3 is 2.74 bits per heavy atom. The molecule has 1 unspecified atom stereocenters. The predicted molar refractivity (Wildman–Crippen MR) is 75.2 cm³/mol. The van der Waals surface area contributed by atoms with Crippen LogP contribution in [0.25, 0.3) is 0 Å². The molecule has 0 heterocycles. The number of rotatable bonds is 6. The maximum Gasteiger partial charge on any atom is 0.260 e. The molecule has 0 spiro atoms. The van der Waals surface area contributed by atoms with E-state index in [0.717, 1.165) is 6.42 Å². The van der Waals surface area contributed by atoms with Crippen LogP contribution in [0.4, 0.5) is 0 Å². The van der Waals surface area contributed by atoms with Gasteiger partial charge in [-0.1, -0.05) is 30.1 Å². The van der Waals surface area contributed by atoms with Crippen molar-refractivity contribution >= 4 is 35.4 Å². The molecule has 6 heteroatoms. The Balaban J connectivity index is 2.87. The summed E-state index contributed by atoms with van der Waals surface area (Å²) < 4.78 is 5.45. The van der Waals surface area contributed by atoms with Crippen molar-refractivity contribution in [3.05, 3.63) is 27.7 Å². The van der Waals surface area contributed by atoms with Crippen LogP contribution in [0.2, 0.25) is 10.0 Å². The summed E-state index contributed by atoms with van der Waals surface area (Å²) in [7, 11) is 0. The van der Waals surface area contributed by atoms with Crippen LogP contribution in [0, 0.1) is 0 Å².